The number of carbonyl (C=O) groups is 2. The Bertz CT molecular complexity index is 3840. The zero-order valence-corrected chi connectivity index (χ0v) is 65.0. The van der Waals surface area contributed by atoms with Crippen molar-refractivity contribution in [3.63, 3.8) is 0 Å². The number of aromatic nitrogens is 8. The Morgan fingerprint density at radius 1 is 0.573 bits per heavy atom. The maximum atomic E-state index is 13.6. The van der Waals surface area contributed by atoms with E-state index in [4.69, 9.17) is 39.1 Å². The maximum absolute atomic E-state index is 13.6. The first-order valence-corrected chi connectivity index (χ1v) is 40.3. The molecule has 4 saturated heterocycles. The Morgan fingerprint density at radius 3 is 1.42 bits per heavy atom. The van der Waals surface area contributed by atoms with Gasteiger partial charge in [0.25, 0.3) is 0 Å². The lowest BCUT2D eigenvalue weighted by Crippen LogP contribution is -2.69. The maximum Gasteiger partial charge on any atom is 0.307 e. The molecule has 12 aliphatic rings. The van der Waals surface area contributed by atoms with E-state index in [-0.39, 0.29) is 78.4 Å². The molecule has 16 rings (SSSR count). The molecule has 10 fully saturated rings. The number of hydrogen-bond donors (Lipinski definition) is 3. The molecule has 4 aromatic rings. The highest BCUT2D eigenvalue weighted by molar-refractivity contribution is 5.74. The Morgan fingerprint density at radius 2 is 1.02 bits per heavy atom. The van der Waals surface area contributed by atoms with Crippen LogP contribution in [0.2, 0.25) is 0 Å². The number of fused-ring (bicyclic) bond motifs is 6. The third kappa shape index (κ3) is 10.9. The minimum atomic E-state index is -0.611. The lowest BCUT2D eigenvalue weighted by molar-refractivity contribution is -0.251. The molecule has 0 radical (unpaired) electrons. The van der Waals surface area contributed by atoms with Gasteiger partial charge in [0.15, 0.2) is 11.6 Å². The van der Waals surface area contributed by atoms with E-state index in [2.05, 4.69) is 146 Å². The fourth-order valence-corrected chi connectivity index (χ4v) is 27.2. The zero-order chi connectivity index (χ0) is 72.8. The average molecular weight is 1410 g/mol. The molecule has 0 unspecified atom stereocenters. The van der Waals surface area contributed by atoms with Gasteiger partial charge in [-0.05, 0) is 227 Å². The van der Waals surface area contributed by atoms with E-state index >= 15 is 0 Å². The van der Waals surface area contributed by atoms with E-state index in [1.54, 1.807) is 23.8 Å². The first-order chi connectivity index (χ1) is 49.0. The summed E-state index contributed by atoms with van der Waals surface area (Å²) >= 11 is 0. The van der Waals surface area contributed by atoms with Crippen LogP contribution in [0.1, 0.15) is 212 Å². The molecule has 18 heteroatoms. The molecule has 6 saturated carbocycles. The van der Waals surface area contributed by atoms with Gasteiger partial charge >= 0.3 is 11.9 Å². The quantitative estimate of drug-likeness (QED) is 0.0890. The normalized spacial score (nSPS) is 43.8. The van der Waals surface area contributed by atoms with Crippen molar-refractivity contribution in [2.45, 2.75) is 236 Å². The molecule has 18 nitrogen and oxygen atoms in total. The fraction of sp³-hybridized carbons (Fsp3) is 0.765. The summed E-state index contributed by atoms with van der Waals surface area (Å²) in [6.07, 6.45) is 32.1. The van der Waals surface area contributed by atoms with Crippen molar-refractivity contribution in [1.29, 1.82) is 0 Å². The minimum absolute atomic E-state index is 0.0309. The number of allylic oxidation sites excluding steroid dienone is 2. The molecule has 0 aromatic carbocycles. The number of pyridine rings is 2. The van der Waals surface area contributed by atoms with Gasteiger partial charge in [0.2, 0.25) is 0 Å². The van der Waals surface area contributed by atoms with Gasteiger partial charge in [-0.15, -0.1) is 0 Å². The summed E-state index contributed by atoms with van der Waals surface area (Å²) in [7, 11) is 2.23. The Balaban J connectivity index is 0.000000166. The number of aliphatic carboxylic acids is 2. The number of carboxylic acids is 2. The van der Waals surface area contributed by atoms with E-state index in [9.17, 15) is 19.8 Å². The van der Waals surface area contributed by atoms with Crippen LogP contribution < -0.4 is 5.32 Å². The molecule has 24 atom stereocenters. The highest BCUT2D eigenvalue weighted by Crippen LogP contribution is 2.78. The number of rotatable bonds is 16. The summed E-state index contributed by atoms with van der Waals surface area (Å²) in [6, 6.07) is 8.82. The molecule has 4 aliphatic heterocycles. The molecule has 0 amide bonds. The first-order valence-electron chi connectivity index (χ1n) is 40.3. The number of nitrogens with one attached hydrogen (secondary N) is 1. The molecule has 4 aromatic heterocycles. The summed E-state index contributed by atoms with van der Waals surface area (Å²) in [5.41, 5.74) is 2.82. The Kier molecular flexibility index (Phi) is 18.9. The fourth-order valence-electron chi connectivity index (χ4n) is 27.2. The van der Waals surface area contributed by atoms with Crippen molar-refractivity contribution >= 4 is 11.9 Å². The number of carboxylic acid groups (broad SMARTS) is 2. The van der Waals surface area contributed by atoms with Crippen molar-refractivity contribution < 1.29 is 38.7 Å². The molecular formula is C85H124N10O8. The van der Waals surface area contributed by atoms with Crippen LogP contribution >= 0.6 is 0 Å². The molecular weight excluding hydrogens is 1290 g/mol. The number of hydrogen-bond acceptors (Lipinski definition) is 14. The van der Waals surface area contributed by atoms with Gasteiger partial charge in [0.05, 0.1) is 75.8 Å². The van der Waals surface area contributed by atoms with Crippen LogP contribution in [0.3, 0.4) is 0 Å². The lowest BCUT2D eigenvalue weighted by atomic mass is 9.34. The highest BCUT2D eigenvalue weighted by Gasteiger charge is 2.75. The van der Waals surface area contributed by atoms with E-state index < -0.39 is 23.8 Å². The lowest BCUT2D eigenvalue weighted by Gasteiger charge is -2.71. The van der Waals surface area contributed by atoms with Crippen molar-refractivity contribution in [3.05, 3.63) is 85.0 Å². The minimum Gasteiger partial charge on any atom is -0.481 e. The zero-order valence-electron chi connectivity index (χ0n) is 65.0. The first kappa shape index (κ1) is 73.3. The summed E-state index contributed by atoms with van der Waals surface area (Å²) in [4.78, 5) is 47.8. The Labute approximate surface area is 614 Å². The van der Waals surface area contributed by atoms with Crippen LogP contribution in [0, 0.1) is 113 Å². The Hall–Kier alpha value is -5.24. The monoisotopic (exact) mass is 1410 g/mol. The van der Waals surface area contributed by atoms with Crippen LogP contribution in [-0.4, -0.2) is 151 Å². The molecule has 562 valence electrons. The van der Waals surface area contributed by atoms with Crippen molar-refractivity contribution in [2.24, 2.45) is 113 Å². The highest BCUT2D eigenvalue weighted by atomic mass is 16.5. The van der Waals surface area contributed by atoms with Crippen molar-refractivity contribution in [3.8, 4) is 22.8 Å². The average Bonchev–Trinajstić information content (AvgIpc) is 1.22. The third-order valence-electron chi connectivity index (χ3n) is 33.6. The largest absolute Gasteiger partial charge is 0.481 e. The SMILES string of the molecule is CC(C)[C@@H](C)[C@@]1(C)CC[C@]2(C)[C@H]3CC[C@@H]4[C@@]5(COC[C@@]4(C)[C@@H](OC[C@H]4CCCN4)[C@H](n4ncnc4-c4ccncc4)C5)C3=CC[C@@]2(C)[C@@H]1C(=O)O.CC(C)[C@@H](C)[C@@]1(C)CC[C@]2(C)[C@H]3CC[C@@H]4[C@@]5(COC[C@@]4(C)[C@@H](OC[C@H]4CCCN4C)[C@H](n4ncnc4-c4ccncc4)C5)C3=CC[C@@]2(C)[C@@H]1C(=O)O. The smallest absolute Gasteiger partial charge is 0.307 e. The second-order valence-corrected chi connectivity index (χ2v) is 38.3. The summed E-state index contributed by atoms with van der Waals surface area (Å²) in [5.74, 6) is 2.63. The second-order valence-electron chi connectivity index (χ2n) is 38.3. The van der Waals surface area contributed by atoms with Crippen LogP contribution in [0.25, 0.3) is 22.8 Å². The number of ether oxygens (including phenoxy) is 4. The van der Waals surface area contributed by atoms with E-state index in [1.807, 2.05) is 49.1 Å². The van der Waals surface area contributed by atoms with Crippen LogP contribution in [0.4, 0.5) is 0 Å². The van der Waals surface area contributed by atoms with Crippen LogP contribution in [0.5, 0.6) is 0 Å². The van der Waals surface area contributed by atoms with Crippen LogP contribution in [0.15, 0.2) is 85.0 Å². The molecule has 103 heavy (non-hydrogen) atoms. The topological polar surface area (TPSA) is 214 Å². The van der Waals surface area contributed by atoms with Gasteiger partial charge in [-0.2, -0.15) is 10.2 Å². The summed E-state index contributed by atoms with van der Waals surface area (Å²) in [5, 5.41) is 35.9. The molecule has 0 spiro atoms. The number of likely N-dealkylation sites (tertiary alicyclic amines) is 1. The molecule has 3 N–H and O–H groups in total. The second kappa shape index (κ2) is 26.6. The van der Waals surface area contributed by atoms with E-state index in [0.717, 1.165) is 126 Å². The summed E-state index contributed by atoms with van der Waals surface area (Å²) in [6.45, 7) is 39.0. The number of likely N-dealkylation sites (N-methyl/N-ethyl adjacent to an activating group) is 1. The predicted molar refractivity (Wildman–Crippen MR) is 398 cm³/mol. The van der Waals surface area contributed by atoms with Gasteiger partial charge in [0.1, 0.15) is 12.7 Å². The standard InChI is InChI=1S/C43H63N5O4.C42H61N5O4/c1-27(2)28(3)39(4)17-18-41(6)31-11-12-34-40(5)24-51-25-43(34,32(31)13-16-42(41,7)35(39)38(49)50)22-33(36(40)52-23-30-10-9-21-47(30)8)48-37(45-26-46-48)29-14-19-44-20-15-29;1-26(2)27(3)38(4)16-17-40(6)30-10-11-33-39(5)23-50-24-42(33,31(30)12-15-41(40,7)34(38)37(48)49)21-32(35(39)51-22-29-9-8-18-44-29)47-36(45-25-46-47)28-13-19-43-20-14-28/h13-15,19-20,26-28,30-31,33-36H,9-12,16-18,21-25H2,1-8H3,(H,49,50);12-14,19-20,25-27,29-30,32-35,44H,8-11,15-18,21-24H2,1-7H3,(H,48,49)/t28-,30-,31+,33-,34+,35-,36+,39-,40-,41-,42+,43+;27-,29-,30+,32-,33+,34-,35+,38-,39-,40-,41+,42+/m11/s1. The molecule has 4 bridgehead atoms. The van der Waals surface area contributed by atoms with Gasteiger partial charge in [-0.3, -0.25) is 19.6 Å². The van der Waals surface area contributed by atoms with Crippen LogP contribution in [-0.2, 0) is 28.5 Å². The van der Waals surface area contributed by atoms with Gasteiger partial charge in [-0.25, -0.2) is 19.3 Å². The van der Waals surface area contributed by atoms with Gasteiger partial charge in [0, 0.05) is 69.7 Å². The van der Waals surface area contributed by atoms with Crippen molar-refractivity contribution in [1.82, 2.24) is 49.7 Å². The molecule has 8 heterocycles. The van der Waals surface area contributed by atoms with Gasteiger partial charge in [-0.1, -0.05) is 120 Å². The molecule has 8 aliphatic carbocycles. The summed E-state index contributed by atoms with van der Waals surface area (Å²) < 4.78 is 32.4. The van der Waals surface area contributed by atoms with E-state index in [1.165, 1.54) is 12.8 Å². The van der Waals surface area contributed by atoms with E-state index in [0.29, 0.717) is 99.1 Å². The number of nitrogens with zero attached hydrogens (tertiary/aromatic N) is 9. The third-order valence-corrected chi connectivity index (χ3v) is 33.6. The predicted octanol–water partition coefficient (Wildman–Crippen LogP) is 15.6. The van der Waals surface area contributed by atoms with Gasteiger partial charge < -0.3 is 39.4 Å². The van der Waals surface area contributed by atoms with Crippen molar-refractivity contribution in [2.75, 3.05) is 59.8 Å².